The van der Waals surface area contributed by atoms with Crippen LogP contribution in [0, 0.1) is 5.41 Å². The number of aliphatic hydroxyl groups excluding tert-OH is 1. The molecule has 122 valence electrons. The highest BCUT2D eigenvalue weighted by atomic mass is 16.5. The van der Waals surface area contributed by atoms with Crippen LogP contribution in [-0.2, 0) is 4.74 Å². The molecule has 4 nitrogen and oxygen atoms in total. The second-order valence-corrected chi connectivity index (χ2v) is 7.38. The Kier molecular flexibility index (Phi) is 5.83. The van der Waals surface area contributed by atoms with Gasteiger partial charge in [0.15, 0.2) is 0 Å². The van der Waals surface area contributed by atoms with Gasteiger partial charge in [-0.2, -0.15) is 0 Å². The maximum absolute atomic E-state index is 9.84. The van der Waals surface area contributed by atoms with Crippen molar-refractivity contribution in [3.8, 4) is 0 Å². The van der Waals surface area contributed by atoms with Gasteiger partial charge < -0.3 is 14.7 Å². The predicted octanol–water partition coefficient (Wildman–Crippen LogP) is 1.75. The van der Waals surface area contributed by atoms with E-state index in [1.54, 1.807) is 0 Å². The number of morpholine rings is 1. The smallest absolute Gasteiger partial charge is 0.0594 e. The highest BCUT2D eigenvalue weighted by Gasteiger charge is 2.37. The van der Waals surface area contributed by atoms with Crippen LogP contribution < -0.4 is 0 Å². The Balaban J connectivity index is 1.95. The molecule has 0 aromatic rings. The van der Waals surface area contributed by atoms with Crippen LogP contribution in [-0.4, -0.2) is 73.0 Å². The quantitative estimate of drug-likeness (QED) is 0.758. The van der Waals surface area contributed by atoms with Gasteiger partial charge in [-0.1, -0.05) is 6.08 Å². The second-order valence-electron chi connectivity index (χ2n) is 7.38. The van der Waals surface area contributed by atoms with Gasteiger partial charge in [-0.05, 0) is 39.7 Å². The SMILES string of the molecule is C=CC[C@]1(CO)CCCN(CC(C)(C)N2CCOCC2)C1. The van der Waals surface area contributed by atoms with Crippen molar-refractivity contribution in [1.82, 2.24) is 9.80 Å². The number of allylic oxidation sites excluding steroid dienone is 1. The zero-order chi connectivity index (χ0) is 15.3. The minimum atomic E-state index is 0.0289. The van der Waals surface area contributed by atoms with Gasteiger partial charge in [0.25, 0.3) is 0 Å². The fourth-order valence-electron chi connectivity index (χ4n) is 3.93. The molecule has 0 aliphatic carbocycles. The summed E-state index contributed by atoms with van der Waals surface area (Å²) in [6, 6.07) is 0. The molecule has 0 radical (unpaired) electrons. The van der Waals surface area contributed by atoms with Crippen LogP contribution in [0.25, 0.3) is 0 Å². The Hall–Kier alpha value is -0.420. The summed E-state index contributed by atoms with van der Waals surface area (Å²) < 4.78 is 5.47. The highest BCUT2D eigenvalue weighted by molar-refractivity contribution is 4.95. The number of aliphatic hydroxyl groups is 1. The lowest BCUT2D eigenvalue weighted by Crippen LogP contribution is -2.57. The van der Waals surface area contributed by atoms with Crippen LogP contribution in [0.5, 0.6) is 0 Å². The molecule has 4 heteroatoms. The molecule has 1 N–H and O–H groups in total. The van der Waals surface area contributed by atoms with Gasteiger partial charge in [-0.25, -0.2) is 0 Å². The van der Waals surface area contributed by atoms with E-state index in [1.807, 2.05) is 6.08 Å². The van der Waals surface area contributed by atoms with Crippen molar-refractivity contribution < 1.29 is 9.84 Å². The summed E-state index contributed by atoms with van der Waals surface area (Å²) in [4.78, 5) is 5.08. The molecule has 2 heterocycles. The van der Waals surface area contributed by atoms with Gasteiger partial charge >= 0.3 is 0 Å². The first kappa shape index (κ1) is 16.9. The zero-order valence-corrected chi connectivity index (χ0v) is 13.8. The normalized spacial score (nSPS) is 29.5. The monoisotopic (exact) mass is 296 g/mol. The van der Waals surface area contributed by atoms with Crippen molar-refractivity contribution in [2.45, 2.75) is 38.6 Å². The lowest BCUT2D eigenvalue weighted by molar-refractivity contribution is -0.0372. The summed E-state index contributed by atoms with van der Waals surface area (Å²) in [7, 11) is 0. The van der Waals surface area contributed by atoms with E-state index >= 15 is 0 Å². The molecule has 0 amide bonds. The van der Waals surface area contributed by atoms with Gasteiger partial charge in [0.05, 0.1) is 19.8 Å². The summed E-state index contributed by atoms with van der Waals surface area (Å²) in [5, 5.41) is 9.84. The third-order valence-corrected chi connectivity index (χ3v) is 5.13. The van der Waals surface area contributed by atoms with E-state index in [0.29, 0.717) is 0 Å². The Morgan fingerprint density at radius 1 is 1.29 bits per heavy atom. The molecule has 2 fully saturated rings. The van der Waals surface area contributed by atoms with E-state index < -0.39 is 0 Å². The van der Waals surface area contributed by atoms with E-state index in [4.69, 9.17) is 4.74 Å². The van der Waals surface area contributed by atoms with E-state index in [1.165, 1.54) is 6.42 Å². The molecule has 0 saturated carbocycles. The van der Waals surface area contributed by atoms with E-state index in [0.717, 1.165) is 58.8 Å². The number of ether oxygens (including phenoxy) is 1. The summed E-state index contributed by atoms with van der Waals surface area (Å²) in [5.74, 6) is 0. The zero-order valence-electron chi connectivity index (χ0n) is 13.8. The van der Waals surface area contributed by atoms with Crippen molar-refractivity contribution >= 4 is 0 Å². The van der Waals surface area contributed by atoms with Crippen LogP contribution in [0.4, 0.5) is 0 Å². The van der Waals surface area contributed by atoms with Crippen molar-refractivity contribution in [2.24, 2.45) is 5.41 Å². The van der Waals surface area contributed by atoms with Crippen molar-refractivity contribution in [1.29, 1.82) is 0 Å². The van der Waals surface area contributed by atoms with Crippen LogP contribution in [0.1, 0.15) is 33.1 Å². The number of piperidine rings is 1. The first-order valence-corrected chi connectivity index (χ1v) is 8.28. The fraction of sp³-hybridized carbons (Fsp3) is 0.882. The molecule has 0 spiro atoms. The molecule has 2 aliphatic heterocycles. The van der Waals surface area contributed by atoms with Gasteiger partial charge in [-0.15, -0.1) is 6.58 Å². The molecule has 0 unspecified atom stereocenters. The molecule has 0 aromatic carbocycles. The number of likely N-dealkylation sites (tertiary alicyclic amines) is 1. The maximum atomic E-state index is 9.84. The lowest BCUT2D eigenvalue weighted by atomic mass is 9.77. The van der Waals surface area contributed by atoms with Gasteiger partial charge in [0.1, 0.15) is 0 Å². The standard InChI is InChI=1S/C17H32N2O2/c1-4-6-17(15-20)7-5-8-18(14-17)13-16(2,3)19-9-11-21-12-10-19/h4,20H,1,5-15H2,2-3H3/t17-/m0/s1. The topological polar surface area (TPSA) is 35.9 Å². The molecule has 21 heavy (non-hydrogen) atoms. The lowest BCUT2D eigenvalue weighted by Gasteiger charge is -2.47. The fourth-order valence-corrected chi connectivity index (χ4v) is 3.93. The summed E-state index contributed by atoms with van der Waals surface area (Å²) in [5.41, 5.74) is 0.192. The highest BCUT2D eigenvalue weighted by Crippen LogP contribution is 2.34. The predicted molar refractivity (Wildman–Crippen MR) is 86.5 cm³/mol. The van der Waals surface area contributed by atoms with Crippen LogP contribution in [0.15, 0.2) is 12.7 Å². The number of nitrogens with zero attached hydrogens (tertiary/aromatic N) is 2. The maximum Gasteiger partial charge on any atom is 0.0594 e. The third kappa shape index (κ3) is 4.28. The number of rotatable bonds is 6. The molecule has 0 bridgehead atoms. The molecule has 0 aromatic heterocycles. The van der Waals surface area contributed by atoms with Crippen LogP contribution >= 0.6 is 0 Å². The molecule has 2 rings (SSSR count). The summed E-state index contributed by atoms with van der Waals surface area (Å²) in [6.45, 7) is 15.8. The first-order valence-electron chi connectivity index (χ1n) is 8.28. The Labute approximate surface area is 129 Å². The second kappa shape index (κ2) is 7.23. The Morgan fingerprint density at radius 2 is 2.00 bits per heavy atom. The molecule has 2 saturated heterocycles. The molecular weight excluding hydrogens is 264 g/mol. The minimum Gasteiger partial charge on any atom is -0.396 e. The van der Waals surface area contributed by atoms with Crippen LogP contribution in [0.2, 0.25) is 0 Å². The average molecular weight is 296 g/mol. The molecular formula is C17H32N2O2. The van der Waals surface area contributed by atoms with E-state index in [9.17, 15) is 5.11 Å². The van der Waals surface area contributed by atoms with Crippen LogP contribution in [0.3, 0.4) is 0 Å². The van der Waals surface area contributed by atoms with Crippen molar-refractivity contribution in [2.75, 3.05) is 52.5 Å². The molecule has 1 atom stereocenters. The van der Waals surface area contributed by atoms with Gasteiger partial charge in [0.2, 0.25) is 0 Å². The number of hydrogen-bond donors (Lipinski definition) is 1. The third-order valence-electron chi connectivity index (χ3n) is 5.13. The minimum absolute atomic E-state index is 0.0289. The van der Waals surface area contributed by atoms with Gasteiger partial charge in [-0.3, -0.25) is 4.90 Å². The largest absolute Gasteiger partial charge is 0.396 e. The first-order chi connectivity index (χ1) is 10.0. The van der Waals surface area contributed by atoms with Crippen molar-refractivity contribution in [3.63, 3.8) is 0 Å². The van der Waals surface area contributed by atoms with E-state index in [2.05, 4.69) is 30.2 Å². The van der Waals surface area contributed by atoms with Crippen molar-refractivity contribution in [3.05, 3.63) is 12.7 Å². The summed E-state index contributed by atoms with van der Waals surface area (Å²) >= 11 is 0. The Bertz CT molecular complexity index is 340. The average Bonchev–Trinajstić information content (AvgIpc) is 2.48. The van der Waals surface area contributed by atoms with E-state index in [-0.39, 0.29) is 17.6 Å². The van der Waals surface area contributed by atoms with Gasteiger partial charge in [0, 0.05) is 37.1 Å². The summed E-state index contributed by atoms with van der Waals surface area (Å²) in [6.07, 6.45) is 5.17. The molecule has 2 aliphatic rings. The Morgan fingerprint density at radius 3 is 2.62 bits per heavy atom. The number of hydrogen-bond acceptors (Lipinski definition) is 4.